The average molecular weight is 305 g/mol. The number of nitrogens with one attached hydrogen (secondary N) is 1. The van der Waals surface area contributed by atoms with Crippen LogP contribution in [0.5, 0.6) is 5.75 Å². The van der Waals surface area contributed by atoms with E-state index in [-0.39, 0.29) is 11.9 Å². The Kier molecular flexibility index (Phi) is 6.07. The van der Waals surface area contributed by atoms with Crippen molar-refractivity contribution in [3.63, 3.8) is 0 Å². The fourth-order valence-corrected chi connectivity index (χ4v) is 3.04. The lowest BCUT2D eigenvalue weighted by atomic mass is 10.1. The van der Waals surface area contributed by atoms with E-state index in [0.717, 1.165) is 19.5 Å². The smallest absolute Gasteiger partial charge is 0.241 e. The number of amides is 1. The van der Waals surface area contributed by atoms with Crippen molar-refractivity contribution < 1.29 is 9.53 Å². The maximum absolute atomic E-state index is 12.7. The van der Waals surface area contributed by atoms with E-state index in [1.54, 1.807) is 25.3 Å². The van der Waals surface area contributed by atoms with E-state index in [4.69, 9.17) is 10.5 Å². The Morgan fingerprint density at radius 1 is 1.32 bits per heavy atom. The molecule has 3 N–H and O–H groups in total. The van der Waals surface area contributed by atoms with E-state index in [9.17, 15) is 4.79 Å². The quantitative estimate of drug-likeness (QED) is 0.821. The minimum atomic E-state index is -0.0830. The van der Waals surface area contributed by atoms with Crippen LogP contribution in [0.2, 0.25) is 0 Å². The summed E-state index contributed by atoms with van der Waals surface area (Å²) >= 11 is 0. The number of hydrogen-bond donors (Lipinski definition) is 2. The molecule has 1 aliphatic heterocycles. The van der Waals surface area contributed by atoms with Crippen molar-refractivity contribution in [2.24, 2.45) is 0 Å². The number of ether oxygens (including phenoxy) is 1. The summed E-state index contributed by atoms with van der Waals surface area (Å²) < 4.78 is 5.30. The molecule has 1 aromatic carbocycles. The van der Waals surface area contributed by atoms with Crippen molar-refractivity contribution in [3.05, 3.63) is 18.2 Å². The first-order valence-corrected chi connectivity index (χ1v) is 8.14. The summed E-state index contributed by atoms with van der Waals surface area (Å²) in [7, 11) is 1.58. The molecule has 1 atom stereocenters. The van der Waals surface area contributed by atoms with Crippen LogP contribution < -0.4 is 15.8 Å². The third kappa shape index (κ3) is 4.13. The fraction of sp³-hybridized carbons (Fsp3) is 0.588. The topological polar surface area (TPSA) is 67.6 Å². The third-order valence-corrected chi connectivity index (χ3v) is 4.25. The number of benzene rings is 1. The third-order valence-electron chi connectivity index (χ3n) is 4.25. The zero-order chi connectivity index (χ0) is 15.9. The number of rotatable bonds is 5. The molecule has 1 fully saturated rings. The van der Waals surface area contributed by atoms with E-state index in [2.05, 4.69) is 17.1 Å². The number of methoxy groups -OCH3 is 1. The first-order valence-electron chi connectivity index (χ1n) is 8.14. The predicted octanol–water partition coefficient (Wildman–Crippen LogP) is 2.87. The van der Waals surface area contributed by atoms with E-state index in [1.165, 1.54) is 25.7 Å². The average Bonchev–Trinajstić information content (AvgIpc) is 2.79. The van der Waals surface area contributed by atoms with Crippen molar-refractivity contribution in [1.29, 1.82) is 0 Å². The van der Waals surface area contributed by atoms with E-state index >= 15 is 0 Å². The fourth-order valence-electron chi connectivity index (χ4n) is 3.04. The van der Waals surface area contributed by atoms with Crippen LogP contribution in [0.4, 0.5) is 11.4 Å². The summed E-state index contributed by atoms with van der Waals surface area (Å²) in [5.74, 6) is 0.631. The van der Waals surface area contributed by atoms with Crippen LogP contribution >= 0.6 is 0 Å². The maximum atomic E-state index is 12.7. The second-order valence-corrected chi connectivity index (χ2v) is 5.82. The molecule has 0 bridgehead atoms. The van der Waals surface area contributed by atoms with Crippen LogP contribution in [0.3, 0.4) is 0 Å². The molecular weight excluding hydrogens is 278 g/mol. The highest BCUT2D eigenvalue weighted by molar-refractivity contribution is 5.96. The van der Waals surface area contributed by atoms with Crippen LogP contribution in [0.15, 0.2) is 18.2 Å². The van der Waals surface area contributed by atoms with Gasteiger partial charge in [-0.2, -0.15) is 0 Å². The minimum Gasteiger partial charge on any atom is -0.494 e. The number of carbonyl (C=O) groups excluding carboxylic acids is 1. The van der Waals surface area contributed by atoms with E-state index < -0.39 is 0 Å². The lowest BCUT2D eigenvalue weighted by Crippen LogP contribution is -2.44. The van der Waals surface area contributed by atoms with Crippen LogP contribution in [-0.4, -0.2) is 37.0 Å². The summed E-state index contributed by atoms with van der Waals surface area (Å²) in [5, 5.41) is 3.00. The Bertz CT molecular complexity index is 497. The number of nitrogens with two attached hydrogens (primary N) is 1. The van der Waals surface area contributed by atoms with Gasteiger partial charge in [-0.15, -0.1) is 0 Å². The SMILES string of the molecule is CCC(C(=O)Nc1ccc(N)cc1OC)N1CCCCCC1. The van der Waals surface area contributed by atoms with Gasteiger partial charge in [0, 0.05) is 11.8 Å². The summed E-state index contributed by atoms with van der Waals surface area (Å²) in [6.07, 6.45) is 5.69. The predicted molar refractivity (Wildman–Crippen MR) is 90.2 cm³/mol. The number of hydrogen-bond acceptors (Lipinski definition) is 4. The molecule has 0 aromatic heterocycles. The van der Waals surface area contributed by atoms with Gasteiger partial charge in [0.2, 0.25) is 5.91 Å². The van der Waals surface area contributed by atoms with E-state index in [0.29, 0.717) is 17.1 Å². The van der Waals surface area contributed by atoms with Crippen molar-refractivity contribution in [2.75, 3.05) is 31.2 Å². The number of anilines is 2. The zero-order valence-corrected chi connectivity index (χ0v) is 13.6. The molecule has 1 unspecified atom stereocenters. The van der Waals surface area contributed by atoms with Crippen LogP contribution in [0, 0.1) is 0 Å². The standard InChI is InChI=1S/C17H27N3O2/c1-3-15(20-10-6-4-5-7-11-20)17(21)19-14-9-8-13(18)12-16(14)22-2/h8-9,12,15H,3-7,10-11,18H2,1-2H3,(H,19,21). The van der Waals surface area contributed by atoms with Gasteiger partial charge < -0.3 is 15.8 Å². The number of nitrogens with zero attached hydrogens (tertiary/aromatic N) is 1. The van der Waals surface area contributed by atoms with Crippen LogP contribution in [-0.2, 0) is 4.79 Å². The van der Waals surface area contributed by atoms with Crippen molar-refractivity contribution in [3.8, 4) is 5.75 Å². The van der Waals surface area contributed by atoms with Crippen molar-refractivity contribution >= 4 is 17.3 Å². The molecule has 1 aliphatic rings. The Morgan fingerprint density at radius 2 is 2.00 bits per heavy atom. The summed E-state index contributed by atoms with van der Waals surface area (Å²) in [6, 6.07) is 5.20. The summed E-state index contributed by atoms with van der Waals surface area (Å²) in [5.41, 5.74) is 7.05. The molecule has 0 radical (unpaired) electrons. The molecule has 0 spiro atoms. The Balaban J connectivity index is 2.08. The lowest BCUT2D eigenvalue weighted by molar-refractivity contribution is -0.121. The van der Waals surface area contributed by atoms with Gasteiger partial charge in [0.05, 0.1) is 18.8 Å². The molecule has 1 heterocycles. The number of likely N-dealkylation sites (tertiary alicyclic amines) is 1. The highest BCUT2D eigenvalue weighted by atomic mass is 16.5. The van der Waals surface area contributed by atoms with Gasteiger partial charge in [-0.05, 0) is 44.5 Å². The van der Waals surface area contributed by atoms with Gasteiger partial charge in [-0.3, -0.25) is 9.69 Å². The highest BCUT2D eigenvalue weighted by Crippen LogP contribution is 2.27. The van der Waals surface area contributed by atoms with Crippen molar-refractivity contribution in [1.82, 2.24) is 4.90 Å². The Morgan fingerprint density at radius 3 is 2.59 bits per heavy atom. The second-order valence-electron chi connectivity index (χ2n) is 5.82. The normalized spacial score (nSPS) is 17.5. The number of nitrogen functional groups attached to an aromatic ring is 1. The largest absolute Gasteiger partial charge is 0.494 e. The van der Waals surface area contributed by atoms with Crippen LogP contribution in [0.25, 0.3) is 0 Å². The monoisotopic (exact) mass is 305 g/mol. The zero-order valence-electron chi connectivity index (χ0n) is 13.6. The molecule has 1 aromatic rings. The molecule has 5 heteroatoms. The summed E-state index contributed by atoms with van der Waals surface area (Å²) in [6.45, 7) is 4.07. The molecule has 2 rings (SSSR count). The molecule has 122 valence electrons. The molecular formula is C17H27N3O2. The highest BCUT2D eigenvalue weighted by Gasteiger charge is 2.25. The van der Waals surface area contributed by atoms with E-state index in [1.807, 2.05) is 0 Å². The summed E-state index contributed by atoms with van der Waals surface area (Å²) in [4.78, 5) is 15.0. The lowest BCUT2D eigenvalue weighted by Gasteiger charge is -2.29. The number of carbonyl (C=O) groups is 1. The Labute approximate surface area is 132 Å². The molecule has 22 heavy (non-hydrogen) atoms. The van der Waals surface area contributed by atoms with Gasteiger partial charge in [0.15, 0.2) is 0 Å². The van der Waals surface area contributed by atoms with Crippen molar-refractivity contribution in [2.45, 2.75) is 45.1 Å². The van der Waals surface area contributed by atoms with Gasteiger partial charge >= 0.3 is 0 Å². The first kappa shape index (κ1) is 16.6. The molecule has 1 amide bonds. The molecule has 0 aliphatic carbocycles. The van der Waals surface area contributed by atoms with Crippen LogP contribution in [0.1, 0.15) is 39.0 Å². The Hall–Kier alpha value is -1.75. The second kappa shape index (κ2) is 8.03. The molecule has 0 saturated carbocycles. The molecule has 5 nitrogen and oxygen atoms in total. The van der Waals surface area contributed by atoms with Gasteiger partial charge in [0.25, 0.3) is 0 Å². The minimum absolute atomic E-state index is 0.0347. The first-order chi connectivity index (χ1) is 10.7. The van der Waals surface area contributed by atoms with Gasteiger partial charge in [0.1, 0.15) is 5.75 Å². The molecule has 1 saturated heterocycles. The van der Waals surface area contributed by atoms with Gasteiger partial charge in [-0.1, -0.05) is 19.8 Å². The van der Waals surface area contributed by atoms with Gasteiger partial charge in [-0.25, -0.2) is 0 Å². The maximum Gasteiger partial charge on any atom is 0.241 e.